The van der Waals surface area contributed by atoms with Crippen LogP contribution >= 0.6 is 0 Å². The number of likely N-dealkylation sites (N-methyl/N-ethyl adjacent to an activating group) is 1. The number of carbonyl (C=O) groups excluding carboxylic acids is 2. The highest BCUT2D eigenvalue weighted by Crippen LogP contribution is 2.14. The molecule has 142 valence electrons. The van der Waals surface area contributed by atoms with Gasteiger partial charge in [-0.3, -0.25) is 9.59 Å². The second-order valence-electron chi connectivity index (χ2n) is 6.35. The Balaban J connectivity index is 1.60. The zero-order valence-electron chi connectivity index (χ0n) is 15.8. The van der Waals surface area contributed by atoms with Gasteiger partial charge in [0.05, 0.1) is 11.9 Å². The van der Waals surface area contributed by atoms with Gasteiger partial charge in [-0.1, -0.05) is 18.2 Å². The van der Waals surface area contributed by atoms with E-state index in [0.717, 1.165) is 11.3 Å². The van der Waals surface area contributed by atoms with Crippen molar-refractivity contribution in [3.63, 3.8) is 0 Å². The number of hydrogen-bond acceptors (Lipinski definition) is 4. The monoisotopic (exact) mass is 375 g/mol. The molecular formula is C22H21N3O3. The molecule has 1 amide bonds. The molecule has 6 nitrogen and oxygen atoms in total. The van der Waals surface area contributed by atoms with Gasteiger partial charge in [-0.15, -0.1) is 0 Å². The summed E-state index contributed by atoms with van der Waals surface area (Å²) in [6, 6.07) is 16.5. The SMILES string of the molecule is CN(C)C(=O)COc1ccc(C(=O)/C=C/c2cnn(-c3ccccc3)c2)cc1. The van der Waals surface area contributed by atoms with Crippen molar-refractivity contribution in [2.75, 3.05) is 20.7 Å². The Morgan fingerprint density at radius 2 is 1.79 bits per heavy atom. The minimum Gasteiger partial charge on any atom is -0.484 e. The van der Waals surface area contributed by atoms with Crippen molar-refractivity contribution in [2.45, 2.75) is 0 Å². The average Bonchev–Trinajstić information content (AvgIpc) is 3.20. The number of benzene rings is 2. The quantitative estimate of drug-likeness (QED) is 0.470. The Morgan fingerprint density at radius 3 is 2.46 bits per heavy atom. The molecule has 0 saturated carbocycles. The smallest absolute Gasteiger partial charge is 0.259 e. The predicted octanol–water partition coefficient (Wildman–Crippen LogP) is 3.24. The molecule has 0 fully saturated rings. The number of para-hydroxylation sites is 1. The van der Waals surface area contributed by atoms with Crippen molar-refractivity contribution in [2.24, 2.45) is 0 Å². The lowest BCUT2D eigenvalue weighted by atomic mass is 10.1. The number of ether oxygens (including phenoxy) is 1. The number of aromatic nitrogens is 2. The van der Waals surface area contributed by atoms with Gasteiger partial charge < -0.3 is 9.64 Å². The zero-order chi connectivity index (χ0) is 19.9. The van der Waals surface area contributed by atoms with Gasteiger partial charge in [0.2, 0.25) is 0 Å². The molecular weight excluding hydrogens is 354 g/mol. The molecule has 0 spiro atoms. The summed E-state index contributed by atoms with van der Waals surface area (Å²) >= 11 is 0. The Bertz CT molecular complexity index is 974. The van der Waals surface area contributed by atoms with Crippen molar-refractivity contribution >= 4 is 17.8 Å². The molecule has 6 heteroatoms. The third kappa shape index (κ3) is 4.94. The molecule has 1 heterocycles. The predicted molar refractivity (Wildman–Crippen MR) is 108 cm³/mol. The van der Waals surface area contributed by atoms with Gasteiger partial charge >= 0.3 is 0 Å². The minimum atomic E-state index is -0.126. The van der Waals surface area contributed by atoms with Crippen molar-refractivity contribution in [3.8, 4) is 11.4 Å². The lowest BCUT2D eigenvalue weighted by Crippen LogP contribution is -2.27. The Labute approximate surface area is 163 Å². The van der Waals surface area contributed by atoms with Gasteiger partial charge in [0.25, 0.3) is 5.91 Å². The summed E-state index contributed by atoms with van der Waals surface area (Å²) in [5.41, 5.74) is 2.33. The fourth-order valence-electron chi connectivity index (χ4n) is 2.40. The summed E-state index contributed by atoms with van der Waals surface area (Å²) in [5.74, 6) is 0.294. The first-order valence-corrected chi connectivity index (χ1v) is 8.78. The van der Waals surface area contributed by atoms with Crippen LogP contribution in [-0.2, 0) is 4.79 Å². The van der Waals surface area contributed by atoms with E-state index in [1.54, 1.807) is 55.3 Å². The Hall–Kier alpha value is -3.67. The average molecular weight is 375 g/mol. The molecule has 0 bridgehead atoms. The summed E-state index contributed by atoms with van der Waals surface area (Å²) in [5, 5.41) is 4.30. The minimum absolute atomic E-state index is 0.0361. The van der Waals surface area contributed by atoms with Crippen LogP contribution in [0.4, 0.5) is 0 Å². The topological polar surface area (TPSA) is 64.4 Å². The van der Waals surface area contributed by atoms with Crippen molar-refractivity contribution < 1.29 is 14.3 Å². The molecule has 0 aliphatic carbocycles. The van der Waals surface area contributed by atoms with Crippen molar-refractivity contribution in [1.29, 1.82) is 0 Å². The molecule has 3 aromatic rings. The molecule has 0 unspecified atom stereocenters. The van der Waals surface area contributed by atoms with Crippen LogP contribution in [0.15, 0.2) is 73.1 Å². The summed E-state index contributed by atoms with van der Waals surface area (Å²) in [7, 11) is 3.34. The highest BCUT2D eigenvalue weighted by Gasteiger charge is 2.06. The molecule has 2 aromatic carbocycles. The zero-order valence-corrected chi connectivity index (χ0v) is 15.8. The van der Waals surface area contributed by atoms with Crippen LogP contribution in [0.25, 0.3) is 11.8 Å². The molecule has 0 radical (unpaired) electrons. The van der Waals surface area contributed by atoms with E-state index in [9.17, 15) is 9.59 Å². The van der Waals surface area contributed by atoms with Gasteiger partial charge in [-0.25, -0.2) is 4.68 Å². The first kappa shape index (κ1) is 19.1. The number of carbonyl (C=O) groups is 2. The van der Waals surface area contributed by atoms with Crippen LogP contribution in [0.5, 0.6) is 5.75 Å². The number of rotatable bonds is 7. The third-order valence-electron chi connectivity index (χ3n) is 4.05. The van der Waals surface area contributed by atoms with Crippen LogP contribution < -0.4 is 4.74 Å². The molecule has 0 aliphatic rings. The van der Waals surface area contributed by atoms with E-state index in [1.165, 1.54) is 11.0 Å². The highest BCUT2D eigenvalue weighted by molar-refractivity contribution is 6.06. The number of ketones is 1. The highest BCUT2D eigenvalue weighted by atomic mass is 16.5. The molecule has 0 saturated heterocycles. The fraction of sp³-hybridized carbons (Fsp3) is 0.136. The largest absolute Gasteiger partial charge is 0.484 e. The summed E-state index contributed by atoms with van der Waals surface area (Å²) in [6.45, 7) is -0.0361. The summed E-state index contributed by atoms with van der Waals surface area (Å²) < 4.78 is 7.16. The van der Waals surface area contributed by atoms with Crippen molar-refractivity contribution in [1.82, 2.24) is 14.7 Å². The van der Waals surface area contributed by atoms with E-state index in [1.807, 2.05) is 36.5 Å². The van der Waals surface area contributed by atoms with Crippen LogP contribution in [0.1, 0.15) is 15.9 Å². The van der Waals surface area contributed by atoms with Crippen LogP contribution in [0.3, 0.4) is 0 Å². The number of hydrogen-bond donors (Lipinski definition) is 0. The molecule has 0 aliphatic heterocycles. The van der Waals surface area contributed by atoms with Gasteiger partial charge in [0.1, 0.15) is 5.75 Å². The molecule has 0 atom stereocenters. The van der Waals surface area contributed by atoms with E-state index in [2.05, 4.69) is 5.10 Å². The molecule has 1 aromatic heterocycles. The van der Waals surface area contributed by atoms with E-state index >= 15 is 0 Å². The van der Waals surface area contributed by atoms with Gasteiger partial charge in [-0.2, -0.15) is 5.10 Å². The lowest BCUT2D eigenvalue weighted by Gasteiger charge is -2.11. The summed E-state index contributed by atoms with van der Waals surface area (Å²) in [6.07, 6.45) is 6.81. The maximum atomic E-state index is 12.3. The van der Waals surface area contributed by atoms with E-state index < -0.39 is 0 Å². The number of allylic oxidation sites excluding steroid dienone is 1. The van der Waals surface area contributed by atoms with Crippen LogP contribution in [-0.4, -0.2) is 47.1 Å². The number of nitrogens with zero attached hydrogens (tertiary/aromatic N) is 3. The van der Waals surface area contributed by atoms with Crippen LogP contribution in [0.2, 0.25) is 0 Å². The Kier molecular flexibility index (Phi) is 6.01. The summed E-state index contributed by atoms with van der Waals surface area (Å²) in [4.78, 5) is 25.3. The van der Waals surface area contributed by atoms with Gasteiger partial charge in [-0.05, 0) is 48.6 Å². The normalized spacial score (nSPS) is 10.8. The lowest BCUT2D eigenvalue weighted by molar-refractivity contribution is -0.130. The molecule has 28 heavy (non-hydrogen) atoms. The first-order chi connectivity index (χ1) is 13.5. The second-order valence-corrected chi connectivity index (χ2v) is 6.35. The maximum Gasteiger partial charge on any atom is 0.259 e. The maximum absolute atomic E-state index is 12.3. The fourth-order valence-corrected chi connectivity index (χ4v) is 2.40. The first-order valence-electron chi connectivity index (χ1n) is 8.78. The van der Waals surface area contributed by atoms with Gasteiger partial charge in [0, 0.05) is 31.4 Å². The molecule has 0 N–H and O–H groups in total. The van der Waals surface area contributed by atoms with E-state index in [4.69, 9.17) is 4.74 Å². The molecule has 3 rings (SSSR count). The Morgan fingerprint density at radius 1 is 1.07 bits per heavy atom. The van der Waals surface area contributed by atoms with Crippen molar-refractivity contribution in [3.05, 3.63) is 84.2 Å². The van der Waals surface area contributed by atoms with E-state index in [-0.39, 0.29) is 18.3 Å². The van der Waals surface area contributed by atoms with E-state index in [0.29, 0.717) is 11.3 Å². The van der Waals surface area contributed by atoms with Gasteiger partial charge in [0.15, 0.2) is 12.4 Å². The van der Waals surface area contributed by atoms with Crippen LogP contribution in [0, 0.1) is 0 Å². The third-order valence-corrected chi connectivity index (χ3v) is 4.05. The standard InChI is InChI=1S/C22H21N3O3/c1-24(2)22(27)16-28-20-11-9-18(10-12-20)21(26)13-8-17-14-23-25(15-17)19-6-4-3-5-7-19/h3-15H,16H2,1-2H3/b13-8+. The number of amides is 1. The second kappa shape index (κ2) is 8.81.